The third-order valence-electron chi connectivity index (χ3n) is 6.32. The smallest absolute Gasteiger partial charge is 0.225 e. The molecule has 0 radical (unpaired) electrons. The number of nitrogens with one attached hydrogen (secondary N) is 2. The number of rotatable bonds is 5. The number of aromatic amines is 1. The molecule has 0 fully saturated rings. The van der Waals surface area contributed by atoms with E-state index in [-0.39, 0.29) is 11.9 Å². The minimum atomic E-state index is -0.219. The van der Waals surface area contributed by atoms with Crippen molar-refractivity contribution in [3.63, 3.8) is 0 Å². The Kier molecular flexibility index (Phi) is 4.84. The van der Waals surface area contributed by atoms with Gasteiger partial charge in [0.25, 0.3) is 0 Å². The SMILES string of the molecule is COc1ccc(CC(=O)NC2c3ccccc3-c3c(-c4nc5ccncc5[nH]4)cccc32)cc1. The van der Waals surface area contributed by atoms with E-state index < -0.39 is 0 Å². The highest BCUT2D eigenvalue weighted by Crippen LogP contribution is 2.47. The second-order valence-corrected chi connectivity index (χ2v) is 8.36. The Bertz CT molecular complexity index is 1490. The summed E-state index contributed by atoms with van der Waals surface area (Å²) in [6.07, 6.45) is 3.82. The monoisotopic (exact) mass is 446 g/mol. The van der Waals surface area contributed by atoms with Gasteiger partial charge in [-0.05, 0) is 46.0 Å². The summed E-state index contributed by atoms with van der Waals surface area (Å²) >= 11 is 0. The fourth-order valence-corrected chi connectivity index (χ4v) is 4.73. The number of nitrogens with zero attached hydrogens (tertiary/aromatic N) is 2. The number of aromatic nitrogens is 3. The van der Waals surface area contributed by atoms with Crippen molar-refractivity contribution < 1.29 is 9.53 Å². The van der Waals surface area contributed by atoms with Crippen molar-refractivity contribution in [2.45, 2.75) is 12.5 Å². The van der Waals surface area contributed by atoms with Crippen molar-refractivity contribution in [3.8, 4) is 28.3 Å². The molecule has 6 rings (SSSR count). The number of H-pyrrole nitrogens is 1. The molecule has 1 aliphatic rings. The van der Waals surface area contributed by atoms with Crippen LogP contribution in [0.25, 0.3) is 33.5 Å². The van der Waals surface area contributed by atoms with Crippen LogP contribution in [-0.4, -0.2) is 28.0 Å². The first kappa shape index (κ1) is 20.2. The van der Waals surface area contributed by atoms with Crippen molar-refractivity contribution in [1.29, 1.82) is 0 Å². The first-order valence-electron chi connectivity index (χ1n) is 11.2. The minimum absolute atomic E-state index is 0.0296. The largest absolute Gasteiger partial charge is 0.497 e. The van der Waals surface area contributed by atoms with Gasteiger partial charge in [-0.15, -0.1) is 0 Å². The number of methoxy groups -OCH3 is 1. The summed E-state index contributed by atoms with van der Waals surface area (Å²) in [4.78, 5) is 25.4. The number of imidazole rings is 1. The van der Waals surface area contributed by atoms with Gasteiger partial charge in [-0.3, -0.25) is 9.78 Å². The van der Waals surface area contributed by atoms with Crippen LogP contribution in [0, 0.1) is 0 Å². The molecule has 3 aromatic carbocycles. The van der Waals surface area contributed by atoms with Gasteiger partial charge in [0.15, 0.2) is 0 Å². The molecule has 34 heavy (non-hydrogen) atoms. The highest BCUT2D eigenvalue weighted by Gasteiger charge is 2.32. The first-order chi connectivity index (χ1) is 16.7. The standard InChI is InChI=1S/C28H22N4O2/c1-34-18-11-9-17(10-12-18)15-25(33)32-27-20-6-3-2-5-19(20)26-21(27)7-4-8-22(26)28-30-23-13-14-29-16-24(23)31-28/h2-14,16,27H,15H2,1H3,(H,30,31)(H,32,33). The van der Waals surface area contributed by atoms with E-state index in [4.69, 9.17) is 9.72 Å². The number of hydrogen-bond acceptors (Lipinski definition) is 4. The molecule has 2 heterocycles. The van der Waals surface area contributed by atoms with Gasteiger partial charge in [0.2, 0.25) is 5.91 Å². The number of hydrogen-bond donors (Lipinski definition) is 2. The molecule has 1 amide bonds. The Hall–Kier alpha value is -4.45. The van der Waals surface area contributed by atoms with Crippen LogP contribution in [0.3, 0.4) is 0 Å². The lowest BCUT2D eigenvalue weighted by molar-refractivity contribution is -0.120. The normalized spacial score (nSPS) is 14.0. The number of ether oxygens (including phenoxy) is 1. The van der Waals surface area contributed by atoms with Crippen LogP contribution < -0.4 is 10.1 Å². The molecule has 166 valence electrons. The van der Waals surface area contributed by atoms with Crippen molar-refractivity contribution >= 4 is 16.9 Å². The average molecular weight is 447 g/mol. The zero-order chi connectivity index (χ0) is 23.1. The summed E-state index contributed by atoms with van der Waals surface area (Å²) in [7, 11) is 1.63. The number of carbonyl (C=O) groups is 1. The Morgan fingerprint density at radius 3 is 2.59 bits per heavy atom. The lowest BCUT2D eigenvalue weighted by atomic mass is 9.98. The number of amides is 1. The molecule has 0 aliphatic heterocycles. The van der Waals surface area contributed by atoms with E-state index in [0.29, 0.717) is 6.42 Å². The van der Waals surface area contributed by atoms with Gasteiger partial charge in [-0.2, -0.15) is 0 Å². The molecule has 5 aromatic rings. The highest BCUT2D eigenvalue weighted by molar-refractivity contribution is 5.93. The Labute approximate surface area is 196 Å². The summed E-state index contributed by atoms with van der Waals surface area (Å²) < 4.78 is 5.22. The lowest BCUT2D eigenvalue weighted by Crippen LogP contribution is -2.29. The van der Waals surface area contributed by atoms with Crippen molar-refractivity contribution in [2.24, 2.45) is 0 Å². The van der Waals surface area contributed by atoms with Gasteiger partial charge in [-0.1, -0.05) is 54.6 Å². The Morgan fingerprint density at radius 2 is 1.76 bits per heavy atom. The van der Waals surface area contributed by atoms with E-state index in [1.807, 2.05) is 48.5 Å². The molecule has 0 saturated heterocycles. The summed E-state index contributed by atoms with van der Waals surface area (Å²) in [6.45, 7) is 0. The van der Waals surface area contributed by atoms with Crippen LogP contribution in [0.5, 0.6) is 5.75 Å². The molecule has 0 spiro atoms. The molecule has 1 aliphatic carbocycles. The van der Waals surface area contributed by atoms with E-state index in [2.05, 4.69) is 39.6 Å². The van der Waals surface area contributed by atoms with E-state index in [0.717, 1.165) is 56.0 Å². The summed E-state index contributed by atoms with van der Waals surface area (Å²) in [5.41, 5.74) is 8.08. The van der Waals surface area contributed by atoms with E-state index >= 15 is 0 Å². The molecule has 6 nitrogen and oxygen atoms in total. The molecular weight excluding hydrogens is 424 g/mol. The number of benzene rings is 3. The van der Waals surface area contributed by atoms with Gasteiger partial charge in [0.05, 0.1) is 36.8 Å². The molecule has 2 N–H and O–H groups in total. The quantitative estimate of drug-likeness (QED) is 0.395. The summed E-state index contributed by atoms with van der Waals surface area (Å²) in [6, 6.07) is 23.7. The lowest BCUT2D eigenvalue weighted by Gasteiger charge is -2.16. The summed E-state index contributed by atoms with van der Waals surface area (Å²) in [5.74, 6) is 1.54. The fraction of sp³-hybridized carbons (Fsp3) is 0.107. The van der Waals surface area contributed by atoms with Crippen LogP contribution in [0.1, 0.15) is 22.7 Å². The van der Waals surface area contributed by atoms with E-state index in [1.165, 1.54) is 0 Å². The van der Waals surface area contributed by atoms with Gasteiger partial charge in [-0.25, -0.2) is 4.98 Å². The van der Waals surface area contributed by atoms with Gasteiger partial charge >= 0.3 is 0 Å². The number of pyridine rings is 1. The van der Waals surface area contributed by atoms with Crippen molar-refractivity contribution in [2.75, 3.05) is 7.11 Å². The van der Waals surface area contributed by atoms with Crippen molar-refractivity contribution in [1.82, 2.24) is 20.3 Å². The van der Waals surface area contributed by atoms with Crippen molar-refractivity contribution in [3.05, 3.63) is 102 Å². The Balaban J connectivity index is 1.37. The van der Waals surface area contributed by atoms with Crippen LogP contribution in [0.15, 0.2) is 85.2 Å². The maximum Gasteiger partial charge on any atom is 0.225 e. The second kappa shape index (κ2) is 8.15. The molecule has 2 aromatic heterocycles. The van der Waals surface area contributed by atoms with Crippen LogP contribution in [0.4, 0.5) is 0 Å². The number of fused-ring (bicyclic) bond motifs is 4. The van der Waals surface area contributed by atoms with Crippen LogP contribution in [-0.2, 0) is 11.2 Å². The van der Waals surface area contributed by atoms with Crippen LogP contribution >= 0.6 is 0 Å². The van der Waals surface area contributed by atoms with E-state index in [1.54, 1.807) is 19.5 Å². The third kappa shape index (κ3) is 3.40. The van der Waals surface area contributed by atoms with Gasteiger partial charge in [0, 0.05) is 11.8 Å². The topological polar surface area (TPSA) is 79.9 Å². The first-order valence-corrected chi connectivity index (χ1v) is 11.2. The van der Waals surface area contributed by atoms with E-state index in [9.17, 15) is 4.79 Å². The zero-order valence-electron chi connectivity index (χ0n) is 18.6. The predicted octanol–water partition coefficient (Wildman–Crippen LogP) is 5.06. The zero-order valence-corrected chi connectivity index (χ0v) is 18.6. The fourth-order valence-electron chi connectivity index (χ4n) is 4.73. The van der Waals surface area contributed by atoms with Gasteiger partial charge in [0.1, 0.15) is 11.6 Å². The number of carbonyl (C=O) groups excluding carboxylic acids is 1. The average Bonchev–Trinajstić information content (AvgIpc) is 3.44. The Morgan fingerprint density at radius 1 is 0.971 bits per heavy atom. The highest BCUT2D eigenvalue weighted by atomic mass is 16.5. The second-order valence-electron chi connectivity index (χ2n) is 8.36. The molecule has 1 unspecified atom stereocenters. The maximum absolute atomic E-state index is 13.0. The molecular formula is C28H22N4O2. The molecule has 6 heteroatoms. The molecule has 0 saturated carbocycles. The summed E-state index contributed by atoms with van der Waals surface area (Å²) in [5, 5.41) is 3.26. The molecule has 1 atom stereocenters. The van der Waals surface area contributed by atoms with Gasteiger partial charge < -0.3 is 15.0 Å². The van der Waals surface area contributed by atoms with Crippen LogP contribution in [0.2, 0.25) is 0 Å². The molecule has 0 bridgehead atoms. The maximum atomic E-state index is 13.0. The predicted molar refractivity (Wildman–Crippen MR) is 131 cm³/mol. The third-order valence-corrected chi connectivity index (χ3v) is 6.32. The minimum Gasteiger partial charge on any atom is -0.497 e.